The molecule has 6 nitrogen and oxygen atoms in total. The summed E-state index contributed by atoms with van der Waals surface area (Å²) >= 11 is 0. The van der Waals surface area contributed by atoms with Gasteiger partial charge in [-0.25, -0.2) is 0 Å². The standard InChI is InChI=1S/C15H15N5O/c1-10-11(6-5-7-12(10)16)15-17-18-19-20(15)13-8-3-4-9-14(13)21-2/h3-9H,16H2,1-2H3. The molecule has 1 heterocycles. The first-order chi connectivity index (χ1) is 10.2. The number of hydrogen-bond acceptors (Lipinski definition) is 5. The molecule has 0 saturated heterocycles. The third kappa shape index (κ3) is 2.20. The van der Waals surface area contributed by atoms with Crippen LogP contribution in [-0.4, -0.2) is 27.3 Å². The van der Waals surface area contributed by atoms with E-state index >= 15 is 0 Å². The highest BCUT2D eigenvalue weighted by Crippen LogP contribution is 2.29. The fraction of sp³-hybridized carbons (Fsp3) is 0.133. The van der Waals surface area contributed by atoms with Crippen LogP contribution in [0, 0.1) is 6.92 Å². The minimum Gasteiger partial charge on any atom is -0.494 e. The number of nitrogens with zero attached hydrogens (tertiary/aromatic N) is 4. The molecule has 1 aromatic heterocycles. The van der Waals surface area contributed by atoms with Gasteiger partial charge in [0.2, 0.25) is 0 Å². The van der Waals surface area contributed by atoms with Crippen molar-refractivity contribution in [3.05, 3.63) is 48.0 Å². The molecule has 0 atom stereocenters. The Labute approximate surface area is 122 Å². The van der Waals surface area contributed by atoms with Gasteiger partial charge >= 0.3 is 0 Å². The molecular weight excluding hydrogens is 266 g/mol. The topological polar surface area (TPSA) is 78.8 Å². The Morgan fingerprint density at radius 3 is 2.71 bits per heavy atom. The molecule has 2 aromatic carbocycles. The number of nitrogens with two attached hydrogens (primary N) is 1. The van der Waals surface area contributed by atoms with Crippen molar-refractivity contribution in [1.82, 2.24) is 20.2 Å². The fourth-order valence-corrected chi connectivity index (χ4v) is 2.22. The number of tetrazole rings is 1. The maximum atomic E-state index is 5.97. The number of nitrogen functional groups attached to an aromatic ring is 1. The Morgan fingerprint density at radius 2 is 1.90 bits per heavy atom. The third-order valence-corrected chi connectivity index (χ3v) is 3.40. The minimum atomic E-state index is 0.629. The Hall–Kier alpha value is -2.89. The summed E-state index contributed by atoms with van der Waals surface area (Å²) in [4.78, 5) is 0. The summed E-state index contributed by atoms with van der Waals surface area (Å²) in [5.41, 5.74) is 9.30. The summed E-state index contributed by atoms with van der Waals surface area (Å²) in [5.74, 6) is 1.33. The number of rotatable bonds is 3. The molecular formula is C15H15N5O. The van der Waals surface area contributed by atoms with Gasteiger partial charge in [0.05, 0.1) is 7.11 Å². The van der Waals surface area contributed by atoms with E-state index in [4.69, 9.17) is 10.5 Å². The summed E-state index contributed by atoms with van der Waals surface area (Å²) in [6.07, 6.45) is 0. The van der Waals surface area contributed by atoms with Gasteiger partial charge in [0.25, 0.3) is 0 Å². The van der Waals surface area contributed by atoms with E-state index in [2.05, 4.69) is 15.5 Å². The highest BCUT2D eigenvalue weighted by molar-refractivity contribution is 5.69. The van der Waals surface area contributed by atoms with Crippen LogP contribution < -0.4 is 10.5 Å². The lowest BCUT2D eigenvalue weighted by Gasteiger charge is -2.11. The van der Waals surface area contributed by atoms with Crippen molar-refractivity contribution in [2.24, 2.45) is 0 Å². The van der Waals surface area contributed by atoms with Crippen LogP contribution >= 0.6 is 0 Å². The molecule has 0 bridgehead atoms. The van der Waals surface area contributed by atoms with Crippen LogP contribution in [0.15, 0.2) is 42.5 Å². The lowest BCUT2D eigenvalue weighted by molar-refractivity contribution is 0.411. The highest BCUT2D eigenvalue weighted by Gasteiger charge is 2.16. The van der Waals surface area contributed by atoms with E-state index in [0.29, 0.717) is 17.3 Å². The van der Waals surface area contributed by atoms with Crippen molar-refractivity contribution in [2.45, 2.75) is 6.92 Å². The van der Waals surface area contributed by atoms with Crippen LogP contribution in [0.2, 0.25) is 0 Å². The van der Waals surface area contributed by atoms with E-state index in [9.17, 15) is 0 Å². The minimum absolute atomic E-state index is 0.629. The molecule has 0 spiro atoms. The molecule has 0 aliphatic rings. The molecule has 3 rings (SSSR count). The number of benzene rings is 2. The molecule has 6 heteroatoms. The lowest BCUT2D eigenvalue weighted by Crippen LogP contribution is -2.03. The van der Waals surface area contributed by atoms with Crippen LogP contribution in [0.1, 0.15) is 5.56 Å². The first-order valence-corrected chi connectivity index (χ1v) is 6.49. The van der Waals surface area contributed by atoms with Crippen LogP contribution in [0.5, 0.6) is 5.75 Å². The third-order valence-electron chi connectivity index (χ3n) is 3.40. The predicted molar refractivity (Wildman–Crippen MR) is 80.3 cm³/mol. The quantitative estimate of drug-likeness (QED) is 0.745. The normalized spacial score (nSPS) is 10.6. The summed E-state index contributed by atoms with van der Waals surface area (Å²) in [6.45, 7) is 1.95. The van der Waals surface area contributed by atoms with E-state index in [0.717, 1.165) is 16.8 Å². The van der Waals surface area contributed by atoms with Gasteiger partial charge in [-0.15, -0.1) is 5.10 Å². The van der Waals surface area contributed by atoms with Gasteiger partial charge < -0.3 is 10.5 Å². The zero-order chi connectivity index (χ0) is 14.8. The smallest absolute Gasteiger partial charge is 0.187 e. The number of methoxy groups -OCH3 is 1. The molecule has 0 aliphatic heterocycles. The van der Waals surface area contributed by atoms with Crippen molar-refractivity contribution >= 4 is 5.69 Å². The summed E-state index contributed by atoms with van der Waals surface area (Å²) in [6, 6.07) is 13.3. The second-order valence-electron chi connectivity index (χ2n) is 4.61. The van der Waals surface area contributed by atoms with Crippen molar-refractivity contribution in [3.8, 4) is 22.8 Å². The SMILES string of the molecule is COc1ccccc1-n1nnnc1-c1cccc(N)c1C. The average Bonchev–Trinajstić information content (AvgIpc) is 2.99. The van der Waals surface area contributed by atoms with E-state index in [1.807, 2.05) is 49.4 Å². The van der Waals surface area contributed by atoms with Gasteiger partial charge in [0.15, 0.2) is 5.82 Å². The molecule has 21 heavy (non-hydrogen) atoms. The van der Waals surface area contributed by atoms with E-state index < -0.39 is 0 Å². The van der Waals surface area contributed by atoms with Crippen molar-refractivity contribution in [2.75, 3.05) is 12.8 Å². The molecule has 2 N–H and O–H groups in total. The Bertz CT molecular complexity index is 781. The van der Waals surface area contributed by atoms with Gasteiger partial charge in [-0.1, -0.05) is 24.3 Å². The zero-order valence-corrected chi connectivity index (χ0v) is 11.8. The Kier molecular flexibility index (Phi) is 3.27. The maximum Gasteiger partial charge on any atom is 0.187 e. The first kappa shape index (κ1) is 13.1. The predicted octanol–water partition coefficient (Wildman–Crippen LogP) is 2.23. The summed E-state index contributed by atoms with van der Waals surface area (Å²) < 4.78 is 7.03. The Morgan fingerprint density at radius 1 is 1.10 bits per heavy atom. The molecule has 0 fully saturated rings. The van der Waals surface area contributed by atoms with Gasteiger partial charge in [-0.05, 0) is 41.1 Å². The van der Waals surface area contributed by atoms with Crippen LogP contribution in [-0.2, 0) is 0 Å². The van der Waals surface area contributed by atoms with Gasteiger partial charge in [0.1, 0.15) is 11.4 Å². The van der Waals surface area contributed by atoms with Crippen molar-refractivity contribution in [3.63, 3.8) is 0 Å². The lowest BCUT2D eigenvalue weighted by atomic mass is 10.1. The second kappa shape index (κ2) is 5.24. The molecule has 0 saturated carbocycles. The number of anilines is 1. The molecule has 0 radical (unpaired) electrons. The van der Waals surface area contributed by atoms with Crippen LogP contribution in [0.25, 0.3) is 17.1 Å². The molecule has 0 aliphatic carbocycles. The second-order valence-corrected chi connectivity index (χ2v) is 4.61. The summed E-state index contributed by atoms with van der Waals surface area (Å²) in [7, 11) is 1.62. The number of ether oxygens (including phenoxy) is 1. The Balaban J connectivity index is 2.20. The number of para-hydroxylation sites is 2. The highest BCUT2D eigenvalue weighted by atomic mass is 16.5. The van der Waals surface area contributed by atoms with Gasteiger partial charge in [0, 0.05) is 11.3 Å². The zero-order valence-electron chi connectivity index (χ0n) is 11.8. The first-order valence-electron chi connectivity index (χ1n) is 6.49. The summed E-state index contributed by atoms with van der Waals surface area (Å²) in [5, 5.41) is 12.0. The van der Waals surface area contributed by atoms with Crippen LogP contribution in [0.3, 0.4) is 0 Å². The van der Waals surface area contributed by atoms with E-state index in [1.54, 1.807) is 11.8 Å². The molecule has 0 unspecified atom stereocenters. The number of aromatic nitrogens is 4. The molecule has 0 amide bonds. The molecule has 106 valence electrons. The van der Waals surface area contributed by atoms with E-state index in [-0.39, 0.29) is 0 Å². The number of hydrogen-bond donors (Lipinski definition) is 1. The van der Waals surface area contributed by atoms with Crippen molar-refractivity contribution < 1.29 is 4.74 Å². The van der Waals surface area contributed by atoms with Crippen molar-refractivity contribution in [1.29, 1.82) is 0 Å². The van der Waals surface area contributed by atoms with Crippen LogP contribution in [0.4, 0.5) is 5.69 Å². The van der Waals surface area contributed by atoms with Gasteiger partial charge in [-0.2, -0.15) is 4.68 Å². The van der Waals surface area contributed by atoms with E-state index in [1.165, 1.54) is 0 Å². The molecule has 3 aromatic rings. The maximum absolute atomic E-state index is 5.97. The monoisotopic (exact) mass is 281 g/mol. The largest absolute Gasteiger partial charge is 0.494 e. The fourth-order valence-electron chi connectivity index (χ4n) is 2.22. The van der Waals surface area contributed by atoms with Gasteiger partial charge in [-0.3, -0.25) is 0 Å². The average molecular weight is 281 g/mol.